The summed E-state index contributed by atoms with van der Waals surface area (Å²) in [4.78, 5) is 25.7. The van der Waals surface area contributed by atoms with Crippen molar-refractivity contribution in [1.82, 2.24) is 0 Å². The molecule has 0 N–H and O–H groups in total. The Balaban J connectivity index is 4.18. The number of Topliss-reactive ketones (excluding diaryl/α,β-unsaturated/α-hetero) is 2. The Bertz CT molecular complexity index is 224. The number of carbonyl (C=O) groups excluding carboxylic acids is 2. The molecule has 70 valence electrons. The van der Waals surface area contributed by atoms with Crippen LogP contribution in [0.15, 0.2) is 4.99 Å². The van der Waals surface area contributed by atoms with Gasteiger partial charge < -0.3 is 4.99 Å². The first-order chi connectivity index (χ1) is 6.10. The third kappa shape index (κ3) is 6.26. The summed E-state index contributed by atoms with van der Waals surface area (Å²) < 4.78 is 0. The maximum atomic E-state index is 11.0. The average Bonchev–Trinajstić information content (AvgIpc) is 2.03. The molecular formula is C9H14BNO2. The summed E-state index contributed by atoms with van der Waals surface area (Å²) in [7, 11) is 5.21. The molecule has 2 radical (unpaired) electrons. The molecule has 3 nitrogen and oxygen atoms in total. The Morgan fingerprint density at radius 2 is 1.92 bits per heavy atom. The average molecular weight is 179 g/mol. The van der Waals surface area contributed by atoms with Crippen LogP contribution < -0.4 is 0 Å². The molecule has 0 aromatic rings. The Morgan fingerprint density at radius 1 is 1.31 bits per heavy atom. The number of nitrogens with zero attached hydrogens (tertiary/aromatic N) is 1. The largest absolute Gasteiger partial charge is 0.303 e. The van der Waals surface area contributed by atoms with E-state index in [1.807, 2.05) is 0 Å². The van der Waals surface area contributed by atoms with Gasteiger partial charge in [-0.05, 0) is 13.4 Å². The van der Waals surface area contributed by atoms with Crippen molar-refractivity contribution >= 4 is 25.1 Å². The zero-order valence-electron chi connectivity index (χ0n) is 8.17. The maximum absolute atomic E-state index is 11.0. The lowest BCUT2D eigenvalue weighted by molar-refractivity contribution is -0.117. The smallest absolute Gasteiger partial charge is 0.138 e. The van der Waals surface area contributed by atoms with Crippen molar-refractivity contribution in [1.29, 1.82) is 0 Å². The summed E-state index contributed by atoms with van der Waals surface area (Å²) in [6.45, 7) is 3.26. The van der Waals surface area contributed by atoms with Gasteiger partial charge in [0, 0.05) is 25.0 Å². The molecule has 0 aliphatic rings. The fraction of sp³-hybridized carbons (Fsp3) is 0.667. The molecule has 0 spiro atoms. The predicted molar refractivity (Wildman–Crippen MR) is 53.3 cm³/mol. The number of hydrogen-bond donors (Lipinski definition) is 0. The molecule has 4 heteroatoms. The third-order valence-corrected chi connectivity index (χ3v) is 1.56. The highest BCUT2D eigenvalue weighted by atomic mass is 16.1. The lowest BCUT2D eigenvalue weighted by Crippen LogP contribution is -2.11. The number of carbonyl (C=O) groups is 2. The molecule has 0 rings (SSSR count). The molecule has 0 bridgehead atoms. The monoisotopic (exact) mass is 179 g/mol. The van der Waals surface area contributed by atoms with E-state index in [1.54, 1.807) is 6.92 Å². The molecule has 0 heterocycles. The van der Waals surface area contributed by atoms with Crippen molar-refractivity contribution in [2.45, 2.75) is 33.1 Å². The van der Waals surface area contributed by atoms with Gasteiger partial charge in [0.15, 0.2) is 0 Å². The fourth-order valence-electron chi connectivity index (χ4n) is 0.943. The van der Waals surface area contributed by atoms with Crippen molar-refractivity contribution in [2.75, 3.05) is 6.44 Å². The lowest BCUT2D eigenvalue weighted by Gasteiger charge is -2.01. The molecule has 13 heavy (non-hydrogen) atoms. The van der Waals surface area contributed by atoms with E-state index in [9.17, 15) is 9.59 Å². The van der Waals surface area contributed by atoms with E-state index in [1.165, 1.54) is 6.92 Å². The highest BCUT2D eigenvalue weighted by Crippen LogP contribution is 1.98. The van der Waals surface area contributed by atoms with E-state index < -0.39 is 0 Å². The molecule has 0 fully saturated rings. The van der Waals surface area contributed by atoms with E-state index in [-0.39, 0.29) is 30.9 Å². The SMILES string of the molecule is [B]CN=C(CC(C)=O)CC(=O)CC. The van der Waals surface area contributed by atoms with Gasteiger partial charge in [0.1, 0.15) is 11.6 Å². The normalized spacial score (nSPS) is 11.4. The predicted octanol–water partition coefficient (Wildman–Crippen LogP) is 0.902. The summed E-state index contributed by atoms with van der Waals surface area (Å²) in [5, 5.41) is 0. The Labute approximate surface area is 80.0 Å². The highest BCUT2D eigenvalue weighted by Gasteiger charge is 2.07. The van der Waals surface area contributed by atoms with E-state index >= 15 is 0 Å². The number of ketones is 2. The topological polar surface area (TPSA) is 46.5 Å². The van der Waals surface area contributed by atoms with Crippen LogP contribution in [0.4, 0.5) is 0 Å². The van der Waals surface area contributed by atoms with Crippen molar-refractivity contribution in [2.24, 2.45) is 4.99 Å². The number of hydrogen-bond acceptors (Lipinski definition) is 3. The van der Waals surface area contributed by atoms with Crippen LogP contribution in [0.3, 0.4) is 0 Å². The minimum Gasteiger partial charge on any atom is -0.303 e. The van der Waals surface area contributed by atoms with Gasteiger partial charge in [-0.2, -0.15) is 0 Å². The van der Waals surface area contributed by atoms with Crippen molar-refractivity contribution in [3.63, 3.8) is 0 Å². The van der Waals surface area contributed by atoms with Crippen molar-refractivity contribution < 1.29 is 9.59 Å². The molecule has 0 aromatic carbocycles. The van der Waals surface area contributed by atoms with Gasteiger partial charge in [-0.25, -0.2) is 0 Å². The summed E-state index contributed by atoms with van der Waals surface area (Å²) >= 11 is 0. The molecule has 0 aromatic heterocycles. The molecule has 0 saturated heterocycles. The van der Waals surface area contributed by atoms with Gasteiger partial charge >= 0.3 is 0 Å². The third-order valence-electron chi connectivity index (χ3n) is 1.56. The Hall–Kier alpha value is -0.925. The van der Waals surface area contributed by atoms with Crippen LogP contribution >= 0.6 is 0 Å². The first kappa shape index (κ1) is 12.1. The second-order valence-electron chi connectivity index (χ2n) is 2.85. The van der Waals surface area contributed by atoms with Gasteiger partial charge in [-0.3, -0.25) is 9.59 Å². The van der Waals surface area contributed by atoms with Crippen molar-refractivity contribution in [3.8, 4) is 0 Å². The van der Waals surface area contributed by atoms with Crippen LogP contribution in [0.2, 0.25) is 0 Å². The standard InChI is InChI=1S/C9H14BNO2/c1-3-9(13)5-8(11-6-10)4-7(2)12/h3-6H2,1-2H3. The van der Waals surface area contributed by atoms with Gasteiger partial charge in [-0.1, -0.05) is 6.92 Å². The lowest BCUT2D eigenvalue weighted by atomic mass is 10.1. The minimum atomic E-state index is 0.0103. The van der Waals surface area contributed by atoms with Crippen LogP contribution in [0, 0.1) is 0 Å². The van der Waals surface area contributed by atoms with E-state index in [0.717, 1.165) is 0 Å². The van der Waals surface area contributed by atoms with Gasteiger partial charge in [-0.15, -0.1) is 0 Å². The van der Waals surface area contributed by atoms with E-state index in [2.05, 4.69) is 4.99 Å². The summed E-state index contributed by atoms with van der Waals surface area (Å²) in [5.74, 6) is 0.101. The van der Waals surface area contributed by atoms with Gasteiger partial charge in [0.25, 0.3) is 0 Å². The first-order valence-corrected chi connectivity index (χ1v) is 4.33. The van der Waals surface area contributed by atoms with Crippen LogP contribution in [0.1, 0.15) is 33.1 Å². The molecule has 0 aliphatic carbocycles. The Kier molecular flexibility index (Phi) is 6.11. The van der Waals surface area contributed by atoms with Crippen molar-refractivity contribution in [3.05, 3.63) is 0 Å². The van der Waals surface area contributed by atoms with Gasteiger partial charge in [0.05, 0.1) is 7.85 Å². The quantitative estimate of drug-likeness (QED) is 0.449. The van der Waals surface area contributed by atoms with E-state index in [0.29, 0.717) is 12.1 Å². The molecule has 0 atom stereocenters. The summed E-state index contributed by atoms with van der Waals surface area (Å²) in [6, 6.07) is 0. The van der Waals surface area contributed by atoms with E-state index in [4.69, 9.17) is 7.85 Å². The highest BCUT2D eigenvalue weighted by molar-refractivity contribution is 6.13. The Morgan fingerprint density at radius 3 is 2.31 bits per heavy atom. The molecular weight excluding hydrogens is 165 g/mol. The van der Waals surface area contributed by atoms with Gasteiger partial charge in [0.2, 0.25) is 0 Å². The zero-order valence-corrected chi connectivity index (χ0v) is 8.17. The molecule has 0 saturated carbocycles. The molecule has 0 amide bonds. The van der Waals surface area contributed by atoms with Crippen LogP contribution in [-0.4, -0.2) is 31.6 Å². The molecule has 0 unspecified atom stereocenters. The van der Waals surface area contributed by atoms with Crippen LogP contribution in [0.5, 0.6) is 0 Å². The van der Waals surface area contributed by atoms with Crippen LogP contribution in [-0.2, 0) is 9.59 Å². The summed E-state index contributed by atoms with van der Waals surface area (Å²) in [5.41, 5.74) is 0.599. The first-order valence-electron chi connectivity index (χ1n) is 4.33. The van der Waals surface area contributed by atoms with Crippen LogP contribution in [0.25, 0.3) is 0 Å². The zero-order chi connectivity index (χ0) is 10.3. The maximum Gasteiger partial charge on any atom is 0.138 e. The number of aliphatic imine (C=N–C) groups is 1. The second-order valence-corrected chi connectivity index (χ2v) is 2.85. The number of rotatable bonds is 6. The molecule has 0 aliphatic heterocycles. The summed E-state index contributed by atoms with van der Waals surface area (Å²) in [6.07, 6.45) is 1.11. The second kappa shape index (κ2) is 6.58. The minimum absolute atomic E-state index is 0.0103. The fourth-order valence-corrected chi connectivity index (χ4v) is 0.943.